The van der Waals surface area contributed by atoms with Crippen molar-refractivity contribution in [3.63, 3.8) is 0 Å². The number of benzene rings is 2. The lowest BCUT2D eigenvalue weighted by Crippen LogP contribution is -2.49. The first kappa shape index (κ1) is 21.2. The molecule has 0 bridgehead atoms. The van der Waals surface area contributed by atoms with Crippen molar-refractivity contribution in [1.82, 2.24) is 10.2 Å². The zero-order chi connectivity index (χ0) is 20.5. The molecule has 2 amide bonds. The molecule has 0 radical (unpaired) electrons. The smallest absolute Gasteiger partial charge is 0.261 e. The fourth-order valence-corrected chi connectivity index (χ4v) is 2.61. The van der Waals surface area contributed by atoms with Crippen molar-refractivity contribution in [3.05, 3.63) is 59.9 Å². The second kappa shape index (κ2) is 10.3. The number of halogens is 1. The second-order valence-electron chi connectivity index (χ2n) is 6.15. The third kappa shape index (κ3) is 5.70. The minimum Gasteiger partial charge on any atom is -0.497 e. The lowest BCUT2D eigenvalue weighted by atomic mass is 10.1. The zero-order valence-corrected chi connectivity index (χ0v) is 16.3. The van der Waals surface area contributed by atoms with Gasteiger partial charge in [0.2, 0.25) is 5.91 Å². The molecule has 2 aromatic carbocycles. The second-order valence-corrected chi connectivity index (χ2v) is 6.15. The van der Waals surface area contributed by atoms with E-state index in [2.05, 4.69) is 5.32 Å². The van der Waals surface area contributed by atoms with Gasteiger partial charge in [-0.3, -0.25) is 9.59 Å². The average molecular weight is 388 g/mol. The molecule has 0 unspecified atom stereocenters. The molecule has 0 aromatic heterocycles. The third-order valence-corrected chi connectivity index (χ3v) is 4.24. The molecule has 0 aliphatic heterocycles. The van der Waals surface area contributed by atoms with E-state index in [0.717, 1.165) is 0 Å². The molecular weight excluding hydrogens is 363 g/mol. The van der Waals surface area contributed by atoms with Gasteiger partial charge in [-0.2, -0.15) is 0 Å². The van der Waals surface area contributed by atoms with Crippen molar-refractivity contribution < 1.29 is 23.5 Å². The number of carbonyl (C=O) groups is 2. The van der Waals surface area contributed by atoms with Gasteiger partial charge in [0.05, 0.1) is 7.11 Å². The number of amides is 2. The monoisotopic (exact) mass is 388 g/mol. The Bertz CT molecular complexity index is 795. The summed E-state index contributed by atoms with van der Waals surface area (Å²) in [6, 6.07) is 12.2. The zero-order valence-electron chi connectivity index (χ0n) is 16.3. The number of hydrogen-bond donors (Lipinski definition) is 1. The summed E-state index contributed by atoms with van der Waals surface area (Å²) in [7, 11) is 1.56. The highest BCUT2D eigenvalue weighted by molar-refractivity contribution is 5.87. The van der Waals surface area contributed by atoms with Crippen LogP contribution in [-0.4, -0.2) is 43.0 Å². The highest BCUT2D eigenvalue weighted by atomic mass is 19.1. The molecule has 150 valence electrons. The minimum atomic E-state index is -0.772. The number of carbonyl (C=O) groups excluding carboxylic acids is 2. The van der Waals surface area contributed by atoms with Gasteiger partial charge in [-0.1, -0.05) is 18.2 Å². The Labute approximate surface area is 164 Å². The summed E-state index contributed by atoms with van der Waals surface area (Å²) in [4.78, 5) is 26.3. The number of methoxy groups -OCH3 is 1. The summed E-state index contributed by atoms with van der Waals surface area (Å²) < 4.78 is 24.7. The van der Waals surface area contributed by atoms with E-state index in [1.807, 2.05) is 0 Å². The highest BCUT2D eigenvalue weighted by Gasteiger charge is 2.26. The molecule has 0 aliphatic rings. The van der Waals surface area contributed by atoms with Gasteiger partial charge in [0.25, 0.3) is 5.91 Å². The molecule has 28 heavy (non-hydrogen) atoms. The first-order valence-corrected chi connectivity index (χ1v) is 9.03. The normalized spacial score (nSPS) is 11.4. The molecule has 0 saturated carbocycles. The fraction of sp³-hybridized carbons (Fsp3) is 0.333. The summed E-state index contributed by atoms with van der Waals surface area (Å²) in [5, 5.41) is 2.69. The third-order valence-electron chi connectivity index (χ3n) is 4.24. The Morgan fingerprint density at radius 2 is 1.75 bits per heavy atom. The van der Waals surface area contributed by atoms with Gasteiger partial charge in [0, 0.05) is 18.7 Å². The SMILES string of the molecule is CCNC(=O)[C@@H](C)N(Cc1ccccc1F)C(=O)COc1ccc(OC)cc1. The molecule has 0 fully saturated rings. The maximum atomic E-state index is 14.1. The molecule has 1 N–H and O–H groups in total. The van der Waals surface area contributed by atoms with E-state index in [4.69, 9.17) is 9.47 Å². The van der Waals surface area contributed by atoms with Gasteiger partial charge in [-0.15, -0.1) is 0 Å². The largest absolute Gasteiger partial charge is 0.497 e. The Morgan fingerprint density at radius 3 is 2.36 bits per heavy atom. The molecule has 0 heterocycles. The van der Waals surface area contributed by atoms with Crippen LogP contribution in [0.25, 0.3) is 0 Å². The lowest BCUT2D eigenvalue weighted by molar-refractivity contribution is -0.142. The van der Waals surface area contributed by atoms with Crippen LogP contribution in [0.4, 0.5) is 4.39 Å². The van der Waals surface area contributed by atoms with Gasteiger partial charge in [0.1, 0.15) is 23.4 Å². The Morgan fingerprint density at radius 1 is 1.11 bits per heavy atom. The Balaban J connectivity index is 2.12. The van der Waals surface area contributed by atoms with Crippen molar-refractivity contribution in [1.29, 1.82) is 0 Å². The van der Waals surface area contributed by atoms with Gasteiger partial charge in [-0.05, 0) is 44.2 Å². The Kier molecular flexibility index (Phi) is 7.80. The van der Waals surface area contributed by atoms with Gasteiger partial charge in [0.15, 0.2) is 6.61 Å². The van der Waals surface area contributed by atoms with E-state index >= 15 is 0 Å². The van der Waals surface area contributed by atoms with Crippen LogP contribution in [0.3, 0.4) is 0 Å². The summed E-state index contributed by atoms with van der Waals surface area (Å²) in [6.45, 7) is 3.53. The highest BCUT2D eigenvalue weighted by Crippen LogP contribution is 2.18. The van der Waals surface area contributed by atoms with E-state index in [1.54, 1.807) is 63.4 Å². The summed E-state index contributed by atoms with van der Waals surface area (Å²) >= 11 is 0. The lowest BCUT2D eigenvalue weighted by Gasteiger charge is -2.28. The molecule has 7 heteroatoms. The first-order valence-electron chi connectivity index (χ1n) is 9.03. The summed E-state index contributed by atoms with van der Waals surface area (Å²) in [5.74, 6) is 0.00398. The fourth-order valence-electron chi connectivity index (χ4n) is 2.61. The molecule has 1 atom stereocenters. The quantitative estimate of drug-likeness (QED) is 0.717. The predicted molar refractivity (Wildman–Crippen MR) is 104 cm³/mol. The number of ether oxygens (including phenoxy) is 2. The van der Waals surface area contributed by atoms with Gasteiger partial charge >= 0.3 is 0 Å². The van der Waals surface area contributed by atoms with E-state index in [1.165, 1.54) is 11.0 Å². The molecule has 2 rings (SSSR count). The average Bonchev–Trinajstić information content (AvgIpc) is 2.71. The van der Waals surface area contributed by atoms with Crippen LogP contribution in [0.1, 0.15) is 19.4 Å². The van der Waals surface area contributed by atoms with Crippen LogP contribution in [0.2, 0.25) is 0 Å². The number of nitrogens with zero attached hydrogens (tertiary/aromatic N) is 1. The number of likely N-dealkylation sites (N-methyl/N-ethyl adjacent to an activating group) is 1. The van der Waals surface area contributed by atoms with Crippen LogP contribution < -0.4 is 14.8 Å². The molecule has 0 saturated heterocycles. The maximum Gasteiger partial charge on any atom is 0.261 e. The van der Waals surface area contributed by atoms with Crippen LogP contribution in [0.5, 0.6) is 11.5 Å². The summed E-state index contributed by atoms with van der Waals surface area (Å²) in [5.41, 5.74) is 0.330. The van der Waals surface area contributed by atoms with Gasteiger partial charge in [-0.25, -0.2) is 4.39 Å². The van der Waals surface area contributed by atoms with Crippen LogP contribution in [-0.2, 0) is 16.1 Å². The standard InChI is InChI=1S/C21H25FN2O4/c1-4-23-21(26)15(2)24(13-16-7-5-6-8-19(16)22)20(25)14-28-18-11-9-17(27-3)10-12-18/h5-12,15H,4,13-14H2,1-3H3,(H,23,26)/t15-/m1/s1. The van der Waals surface area contributed by atoms with Crippen molar-refractivity contribution >= 4 is 11.8 Å². The van der Waals surface area contributed by atoms with E-state index in [0.29, 0.717) is 23.6 Å². The molecule has 2 aromatic rings. The van der Waals surface area contributed by atoms with Crippen molar-refractivity contribution in [2.24, 2.45) is 0 Å². The summed E-state index contributed by atoms with van der Waals surface area (Å²) in [6.07, 6.45) is 0. The van der Waals surface area contributed by atoms with Crippen molar-refractivity contribution in [2.45, 2.75) is 26.4 Å². The minimum absolute atomic E-state index is 0.0320. The van der Waals surface area contributed by atoms with Crippen LogP contribution in [0.15, 0.2) is 48.5 Å². The van der Waals surface area contributed by atoms with E-state index in [9.17, 15) is 14.0 Å². The van der Waals surface area contributed by atoms with E-state index in [-0.39, 0.29) is 19.1 Å². The molecule has 6 nitrogen and oxygen atoms in total. The topological polar surface area (TPSA) is 67.9 Å². The molecule has 0 aliphatic carbocycles. The Hall–Kier alpha value is -3.09. The molecular formula is C21H25FN2O4. The van der Waals surface area contributed by atoms with Crippen molar-refractivity contribution in [3.8, 4) is 11.5 Å². The predicted octanol–water partition coefficient (Wildman–Crippen LogP) is 2.77. The van der Waals surface area contributed by atoms with Crippen LogP contribution >= 0.6 is 0 Å². The number of nitrogens with one attached hydrogen (secondary N) is 1. The van der Waals surface area contributed by atoms with E-state index < -0.39 is 17.8 Å². The number of rotatable bonds is 9. The van der Waals surface area contributed by atoms with Gasteiger partial charge < -0.3 is 19.7 Å². The first-order chi connectivity index (χ1) is 13.5. The molecule has 0 spiro atoms. The number of hydrogen-bond acceptors (Lipinski definition) is 4. The maximum absolute atomic E-state index is 14.1. The van der Waals surface area contributed by atoms with Crippen LogP contribution in [0, 0.1) is 5.82 Å². The van der Waals surface area contributed by atoms with Crippen molar-refractivity contribution in [2.75, 3.05) is 20.3 Å².